The number of hydrogen-bond donors (Lipinski definition) is 0. The molecule has 4 rings (SSSR count). The van der Waals surface area contributed by atoms with E-state index in [1.54, 1.807) is 29.4 Å². The second-order valence-electron chi connectivity index (χ2n) is 7.26. The van der Waals surface area contributed by atoms with Gasteiger partial charge in [-0.05, 0) is 60.9 Å². The van der Waals surface area contributed by atoms with Crippen LogP contribution in [-0.2, 0) is 4.79 Å². The number of nitrogens with zero attached hydrogens (tertiary/aromatic N) is 3. The van der Waals surface area contributed by atoms with E-state index < -0.39 is 0 Å². The molecule has 2 heterocycles. The van der Waals surface area contributed by atoms with Crippen molar-refractivity contribution < 1.29 is 9.32 Å². The largest absolute Gasteiger partial charge is 0.337 e. The van der Waals surface area contributed by atoms with Crippen molar-refractivity contribution in [1.29, 1.82) is 0 Å². The maximum Gasteiger partial charge on any atom is 0.247 e. The van der Waals surface area contributed by atoms with Crippen LogP contribution >= 0.6 is 11.6 Å². The van der Waals surface area contributed by atoms with E-state index in [2.05, 4.69) is 30.1 Å². The molecular weight excluding hydrogens is 410 g/mol. The van der Waals surface area contributed by atoms with Gasteiger partial charge in [-0.25, -0.2) is 4.90 Å². The number of amides is 1. The summed E-state index contributed by atoms with van der Waals surface area (Å²) in [4.78, 5) is 18.7. The minimum atomic E-state index is -0.124. The third kappa shape index (κ3) is 3.97. The van der Waals surface area contributed by atoms with Crippen LogP contribution in [0.25, 0.3) is 22.4 Å². The van der Waals surface area contributed by atoms with E-state index in [1.807, 2.05) is 43.3 Å². The first-order valence-electron chi connectivity index (χ1n) is 10.1. The number of aromatic nitrogens is 2. The van der Waals surface area contributed by atoms with Gasteiger partial charge >= 0.3 is 0 Å². The van der Waals surface area contributed by atoms with Gasteiger partial charge in [0.2, 0.25) is 11.8 Å². The summed E-state index contributed by atoms with van der Waals surface area (Å²) in [5, 5.41) is 4.96. The molecule has 0 fully saturated rings. The highest BCUT2D eigenvalue weighted by Crippen LogP contribution is 2.43. The molecule has 0 saturated carbocycles. The van der Waals surface area contributed by atoms with Crippen molar-refractivity contribution in [2.24, 2.45) is 0 Å². The summed E-state index contributed by atoms with van der Waals surface area (Å²) in [6.45, 7) is 5.93. The quantitative estimate of drug-likeness (QED) is 0.350. The summed E-state index contributed by atoms with van der Waals surface area (Å²) in [7, 11) is 0. The fourth-order valence-electron chi connectivity index (χ4n) is 3.55. The number of pyridine rings is 1. The summed E-state index contributed by atoms with van der Waals surface area (Å²) >= 11 is 6.23. The molecule has 2 aromatic carbocycles. The van der Waals surface area contributed by atoms with Gasteiger partial charge in [0.15, 0.2) is 0 Å². The summed E-state index contributed by atoms with van der Waals surface area (Å²) < 4.78 is 5.87. The van der Waals surface area contributed by atoms with Gasteiger partial charge in [0.1, 0.15) is 5.69 Å². The highest BCUT2D eigenvalue weighted by Gasteiger charge is 2.29. The van der Waals surface area contributed by atoms with E-state index in [9.17, 15) is 4.79 Å². The number of carbonyl (C=O) groups excluding carboxylic acids is 1. The standard InChI is InChI=1S/C25H22ClN3O2/c1-4-22(30)29(20-9-6-8-19(26)15-20)25-23(18-11-13-27-14-12-18)24(28-31-25)21-10-5-7-16(2)17(21)3/h5-15H,4H2,1-3H3. The summed E-state index contributed by atoms with van der Waals surface area (Å²) in [6.07, 6.45) is 3.72. The Morgan fingerprint density at radius 2 is 1.81 bits per heavy atom. The number of rotatable bonds is 5. The van der Waals surface area contributed by atoms with Gasteiger partial charge in [-0.1, -0.05) is 47.9 Å². The van der Waals surface area contributed by atoms with E-state index in [4.69, 9.17) is 16.1 Å². The molecule has 5 nitrogen and oxygen atoms in total. The van der Waals surface area contributed by atoms with Gasteiger partial charge in [0.25, 0.3) is 0 Å². The summed E-state index contributed by atoms with van der Waals surface area (Å²) in [6, 6.07) is 17.0. The van der Waals surface area contributed by atoms with Crippen LogP contribution < -0.4 is 4.90 Å². The molecule has 0 radical (unpaired) electrons. The molecule has 0 aliphatic carbocycles. The Balaban J connectivity index is 2.01. The zero-order valence-corrected chi connectivity index (χ0v) is 18.3. The molecule has 0 unspecified atom stereocenters. The SMILES string of the molecule is CCC(=O)N(c1cccc(Cl)c1)c1onc(-c2cccc(C)c2C)c1-c1ccncc1. The lowest BCUT2D eigenvalue weighted by molar-refractivity contribution is -0.117. The molecule has 0 aliphatic heterocycles. The number of benzene rings is 2. The third-order valence-electron chi connectivity index (χ3n) is 5.32. The van der Waals surface area contributed by atoms with Crippen LogP contribution in [0.4, 0.5) is 11.6 Å². The average Bonchev–Trinajstić information content (AvgIpc) is 3.20. The van der Waals surface area contributed by atoms with Crippen LogP contribution in [0.15, 0.2) is 71.5 Å². The molecule has 0 atom stereocenters. The van der Waals surface area contributed by atoms with Crippen LogP contribution in [0.5, 0.6) is 0 Å². The Morgan fingerprint density at radius 1 is 1.06 bits per heavy atom. The first-order valence-corrected chi connectivity index (χ1v) is 10.4. The Bertz CT molecular complexity index is 1230. The molecule has 0 spiro atoms. The van der Waals surface area contributed by atoms with Crippen molar-refractivity contribution in [3.63, 3.8) is 0 Å². The molecule has 1 amide bonds. The lowest BCUT2D eigenvalue weighted by atomic mass is 9.96. The Hall–Kier alpha value is -3.44. The molecular formula is C25H22ClN3O2. The fourth-order valence-corrected chi connectivity index (χ4v) is 3.74. The van der Waals surface area contributed by atoms with Crippen molar-refractivity contribution >= 4 is 29.1 Å². The monoisotopic (exact) mass is 431 g/mol. The van der Waals surface area contributed by atoms with Gasteiger partial charge in [0, 0.05) is 29.4 Å². The van der Waals surface area contributed by atoms with Crippen molar-refractivity contribution in [3.05, 3.63) is 83.1 Å². The lowest BCUT2D eigenvalue weighted by Crippen LogP contribution is -2.25. The minimum Gasteiger partial charge on any atom is -0.337 e. The minimum absolute atomic E-state index is 0.124. The van der Waals surface area contributed by atoms with E-state index in [-0.39, 0.29) is 5.91 Å². The predicted octanol–water partition coefficient (Wildman–Crippen LogP) is 6.75. The number of aryl methyl sites for hydroxylation is 1. The maximum absolute atomic E-state index is 13.1. The highest BCUT2D eigenvalue weighted by molar-refractivity contribution is 6.31. The van der Waals surface area contributed by atoms with Crippen molar-refractivity contribution in [2.75, 3.05) is 4.90 Å². The van der Waals surface area contributed by atoms with Gasteiger partial charge < -0.3 is 4.52 Å². The normalized spacial score (nSPS) is 10.8. The molecule has 0 aliphatic rings. The van der Waals surface area contributed by atoms with E-state index >= 15 is 0 Å². The van der Waals surface area contributed by atoms with Crippen LogP contribution in [0.3, 0.4) is 0 Å². The Kier molecular flexibility index (Phi) is 5.87. The van der Waals surface area contributed by atoms with E-state index in [0.29, 0.717) is 28.7 Å². The second kappa shape index (κ2) is 8.74. The van der Waals surface area contributed by atoms with Crippen LogP contribution in [0, 0.1) is 13.8 Å². The molecule has 4 aromatic rings. The zero-order chi connectivity index (χ0) is 22.0. The first kappa shape index (κ1) is 20.8. The molecule has 31 heavy (non-hydrogen) atoms. The number of anilines is 2. The van der Waals surface area contributed by atoms with Crippen LogP contribution in [-0.4, -0.2) is 16.0 Å². The summed E-state index contributed by atoms with van der Waals surface area (Å²) in [5.41, 5.74) is 6.11. The van der Waals surface area contributed by atoms with Crippen molar-refractivity contribution in [3.8, 4) is 22.4 Å². The van der Waals surface area contributed by atoms with Crippen LogP contribution in [0.1, 0.15) is 24.5 Å². The molecule has 6 heteroatoms. The smallest absolute Gasteiger partial charge is 0.247 e. The number of carbonyl (C=O) groups is 1. The number of halogens is 1. The molecule has 0 bridgehead atoms. The molecule has 156 valence electrons. The van der Waals surface area contributed by atoms with Gasteiger partial charge in [-0.2, -0.15) is 0 Å². The summed E-state index contributed by atoms with van der Waals surface area (Å²) in [5.74, 6) is 0.234. The Labute approximate surface area is 186 Å². The maximum atomic E-state index is 13.1. The highest BCUT2D eigenvalue weighted by atomic mass is 35.5. The van der Waals surface area contributed by atoms with Gasteiger partial charge in [0.05, 0.1) is 11.3 Å². The van der Waals surface area contributed by atoms with Crippen molar-refractivity contribution in [2.45, 2.75) is 27.2 Å². The average molecular weight is 432 g/mol. The number of hydrogen-bond acceptors (Lipinski definition) is 4. The van der Waals surface area contributed by atoms with E-state index in [0.717, 1.165) is 27.8 Å². The zero-order valence-electron chi connectivity index (χ0n) is 17.6. The predicted molar refractivity (Wildman–Crippen MR) is 124 cm³/mol. The van der Waals surface area contributed by atoms with E-state index in [1.165, 1.54) is 0 Å². The fraction of sp³-hybridized carbons (Fsp3) is 0.160. The Morgan fingerprint density at radius 3 is 2.52 bits per heavy atom. The molecule has 0 saturated heterocycles. The first-order chi connectivity index (χ1) is 15.0. The third-order valence-corrected chi connectivity index (χ3v) is 5.56. The van der Waals surface area contributed by atoms with Crippen molar-refractivity contribution in [1.82, 2.24) is 10.1 Å². The molecule has 0 N–H and O–H groups in total. The second-order valence-corrected chi connectivity index (χ2v) is 7.69. The molecule has 2 aromatic heterocycles. The van der Waals surface area contributed by atoms with Gasteiger partial charge in [-0.15, -0.1) is 0 Å². The van der Waals surface area contributed by atoms with Crippen LogP contribution in [0.2, 0.25) is 5.02 Å². The topological polar surface area (TPSA) is 59.2 Å². The van der Waals surface area contributed by atoms with Gasteiger partial charge in [-0.3, -0.25) is 9.78 Å². The lowest BCUT2D eigenvalue weighted by Gasteiger charge is -2.21.